The van der Waals surface area contributed by atoms with Gasteiger partial charge in [-0.15, -0.1) is 0 Å². The number of aryl methyl sites for hydroxylation is 2. The van der Waals surface area contributed by atoms with Gasteiger partial charge in [0, 0.05) is 12.0 Å². The minimum atomic E-state index is 0.417. The molecule has 1 heterocycles. The molecule has 0 amide bonds. The topological polar surface area (TPSA) is 21.3 Å². The van der Waals surface area contributed by atoms with Crippen molar-refractivity contribution >= 4 is 0 Å². The monoisotopic (exact) mass is 259 g/mol. The van der Waals surface area contributed by atoms with Gasteiger partial charge in [0.2, 0.25) is 0 Å². The van der Waals surface area contributed by atoms with E-state index < -0.39 is 0 Å². The number of benzene rings is 1. The van der Waals surface area contributed by atoms with E-state index in [1.165, 1.54) is 31.2 Å². The first-order valence-corrected chi connectivity index (χ1v) is 7.74. The first-order chi connectivity index (χ1) is 9.28. The third-order valence-corrected chi connectivity index (χ3v) is 4.61. The fraction of sp³-hybridized carbons (Fsp3) is 0.647. The molecule has 1 fully saturated rings. The fourth-order valence-electron chi connectivity index (χ4n) is 3.64. The summed E-state index contributed by atoms with van der Waals surface area (Å²) in [5.41, 5.74) is 4.60. The second-order valence-corrected chi connectivity index (χ2v) is 6.06. The van der Waals surface area contributed by atoms with Crippen LogP contribution in [0.25, 0.3) is 0 Å². The van der Waals surface area contributed by atoms with Crippen LogP contribution in [0.2, 0.25) is 0 Å². The lowest BCUT2D eigenvalue weighted by molar-refractivity contribution is 0.117. The van der Waals surface area contributed by atoms with E-state index in [0.717, 1.165) is 13.2 Å². The third kappa shape index (κ3) is 2.70. The Kier molecular flexibility index (Phi) is 3.90. The molecule has 1 aromatic rings. The summed E-state index contributed by atoms with van der Waals surface area (Å²) in [6, 6.07) is 7.58. The lowest BCUT2D eigenvalue weighted by atomic mass is 9.89. The number of nitrogens with one attached hydrogen (secondary N) is 1. The molecule has 2 heteroatoms. The van der Waals surface area contributed by atoms with Gasteiger partial charge in [-0.3, -0.25) is 0 Å². The number of ether oxygens (including phenoxy) is 1. The van der Waals surface area contributed by atoms with Crippen molar-refractivity contribution in [2.24, 2.45) is 5.92 Å². The van der Waals surface area contributed by atoms with Crippen LogP contribution >= 0.6 is 0 Å². The van der Waals surface area contributed by atoms with E-state index in [2.05, 4.69) is 37.4 Å². The van der Waals surface area contributed by atoms with E-state index in [0.29, 0.717) is 18.1 Å². The zero-order chi connectivity index (χ0) is 13.2. The first-order valence-electron chi connectivity index (χ1n) is 7.74. The summed E-state index contributed by atoms with van der Waals surface area (Å²) >= 11 is 0. The Morgan fingerprint density at radius 1 is 1.32 bits per heavy atom. The number of hydrogen-bond donors (Lipinski definition) is 1. The molecule has 0 bridgehead atoms. The predicted molar refractivity (Wildman–Crippen MR) is 78.4 cm³/mol. The predicted octanol–water partition coefficient (Wildman–Crippen LogP) is 3.25. The molecule has 3 rings (SSSR count). The molecule has 0 saturated carbocycles. The molecule has 0 spiro atoms. The molecule has 19 heavy (non-hydrogen) atoms. The van der Waals surface area contributed by atoms with Crippen LogP contribution in [0.5, 0.6) is 0 Å². The quantitative estimate of drug-likeness (QED) is 0.896. The second-order valence-electron chi connectivity index (χ2n) is 6.06. The molecule has 104 valence electrons. The Morgan fingerprint density at radius 3 is 2.89 bits per heavy atom. The van der Waals surface area contributed by atoms with Crippen LogP contribution in [0.15, 0.2) is 18.2 Å². The number of hydrogen-bond acceptors (Lipinski definition) is 2. The molecular weight excluding hydrogens is 234 g/mol. The maximum absolute atomic E-state index is 5.77. The van der Waals surface area contributed by atoms with Crippen molar-refractivity contribution in [1.29, 1.82) is 0 Å². The molecular formula is C17H25NO. The molecule has 2 nitrogen and oxygen atoms in total. The maximum atomic E-state index is 5.77. The zero-order valence-electron chi connectivity index (χ0n) is 12.1. The molecule has 3 unspecified atom stereocenters. The van der Waals surface area contributed by atoms with Crippen LogP contribution in [0.4, 0.5) is 0 Å². The Bertz CT molecular complexity index is 443. The maximum Gasteiger partial charge on any atom is 0.0551 e. The average molecular weight is 259 g/mol. The fourth-order valence-corrected chi connectivity index (χ4v) is 3.64. The van der Waals surface area contributed by atoms with Crippen molar-refractivity contribution < 1.29 is 4.74 Å². The largest absolute Gasteiger partial charge is 0.378 e. The van der Waals surface area contributed by atoms with Crippen LogP contribution in [-0.2, 0) is 17.6 Å². The van der Waals surface area contributed by atoms with Gasteiger partial charge in [0.25, 0.3) is 0 Å². The summed E-state index contributed by atoms with van der Waals surface area (Å²) in [5, 5.41) is 3.67. The Balaban J connectivity index is 1.83. The van der Waals surface area contributed by atoms with E-state index in [1.807, 2.05) is 0 Å². The number of rotatable bonds is 4. The van der Waals surface area contributed by atoms with E-state index in [1.54, 1.807) is 11.1 Å². The molecule has 1 saturated heterocycles. The highest BCUT2D eigenvalue weighted by atomic mass is 16.5. The Labute approximate surface area is 116 Å². The van der Waals surface area contributed by atoms with Gasteiger partial charge in [0.1, 0.15) is 0 Å². The Hall–Kier alpha value is -0.860. The highest BCUT2D eigenvalue weighted by Gasteiger charge is 2.30. The lowest BCUT2D eigenvalue weighted by Crippen LogP contribution is -2.28. The van der Waals surface area contributed by atoms with Crippen molar-refractivity contribution in [3.8, 4) is 0 Å². The molecule has 1 aliphatic carbocycles. The van der Waals surface area contributed by atoms with Crippen molar-refractivity contribution in [3.63, 3.8) is 0 Å². The normalized spacial score (nSPS) is 27.5. The van der Waals surface area contributed by atoms with Crippen molar-refractivity contribution in [1.82, 2.24) is 5.32 Å². The summed E-state index contributed by atoms with van der Waals surface area (Å²) in [5.74, 6) is 0.620. The van der Waals surface area contributed by atoms with Gasteiger partial charge in [0.05, 0.1) is 12.7 Å². The van der Waals surface area contributed by atoms with E-state index in [-0.39, 0.29) is 0 Å². The molecule has 2 aliphatic rings. The van der Waals surface area contributed by atoms with Crippen molar-refractivity contribution in [2.45, 2.75) is 51.7 Å². The van der Waals surface area contributed by atoms with E-state index in [9.17, 15) is 0 Å². The van der Waals surface area contributed by atoms with Crippen molar-refractivity contribution in [3.05, 3.63) is 34.9 Å². The van der Waals surface area contributed by atoms with Crippen LogP contribution in [0.1, 0.15) is 49.4 Å². The molecule has 1 aliphatic heterocycles. The van der Waals surface area contributed by atoms with E-state index in [4.69, 9.17) is 4.74 Å². The van der Waals surface area contributed by atoms with Crippen LogP contribution in [-0.4, -0.2) is 19.3 Å². The van der Waals surface area contributed by atoms with Crippen molar-refractivity contribution in [2.75, 3.05) is 13.2 Å². The summed E-state index contributed by atoms with van der Waals surface area (Å²) in [7, 11) is 0. The van der Waals surface area contributed by atoms with Gasteiger partial charge >= 0.3 is 0 Å². The van der Waals surface area contributed by atoms with Gasteiger partial charge in [-0.2, -0.15) is 0 Å². The lowest BCUT2D eigenvalue weighted by Gasteiger charge is -2.24. The molecule has 0 radical (unpaired) electrons. The summed E-state index contributed by atoms with van der Waals surface area (Å²) in [6.45, 7) is 6.30. The third-order valence-electron chi connectivity index (χ3n) is 4.61. The van der Waals surface area contributed by atoms with Gasteiger partial charge < -0.3 is 10.1 Å². The number of fused-ring (bicyclic) bond motifs is 1. The first kappa shape index (κ1) is 13.1. The van der Waals surface area contributed by atoms with Crippen LogP contribution < -0.4 is 5.32 Å². The van der Waals surface area contributed by atoms with Crippen LogP contribution in [0.3, 0.4) is 0 Å². The summed E-state index contributed by atoms with van der Waals surface area (Å²) in [6.07, 6.45) is 5.45. The minimum absolute atomic E-state index is 0.417. The van der Waals surface area contributed by atoms with Crippen LogP contribution in [0, 0.1) is 5.92 Å². The highest BCUT2D eigenvalue weighted by molar-refractivity contribution is 5.36. The molecule has 1 N–H and O–H groups in total. The van der Waals surface area contributed by atoms with Gasteiger partial charge in [-0.05, 0) is 55.8 Å². The van der Waals surface area contributed by atoms with Gasteiger partial charge in [-0.25, -0.2) is 0 Å². The average Bonchev–Trinajstić information content (AvgIpc) is 3.03. The zero-order valence-corrected chi connectivity index (χ0v) is 12.1. The Morgan fingerprint density at radius 2 is 2.16 bits per heavy atom. The summed E-state index contributed by atoms with van der Waals surface area (Å²) < 4.78 is 5.77. The SMILES string of the molecule is CCNC(c1ccc2c(c1)CCC2)C1COC(C)C1. The molecule has 1 aromatic carbocycles. The minimum Gasteiger partial charge on any atom is -0.378 e. The second kappa shape index (κ2) is 5.64. The highest BCUT2D eigenvalue weighted by Crippen LogP contribution is 2.33. The van der Waals surface area contributed by atoms with Gasteiger partial charge in [0.15, 0.2) is 0 Å². The van der Waals surface area contributed by atoms with Gasteiger partial charge in [-0.1, -0.05) is 25.1 Å². The summed E-state index contributed by atoms with van der Waals surface area (Å²) in [4.78, 5) is 0. The van der Waals surface area contributed by atoms with E-state index >= 15 is 0 Å². The smallest absolute Gasteiger partial charge is 0.0551 e. The molecule has 0 aromatic heterocycles. The standard InChI is InChI=1S/C17H25NO/c1-3-18-17(16-9-12(2)19-11-16)15-8-7-13-5-4-6-14(13)10-15/h7-8,10,12,16-18H,3-6,9,11H2,1-2H3. The molecule has 3 atom stereocenters.